The summed E-state index contributed by atoms with van der Waals surface area (Å²) in [5, 5.41) is 17.2. The summed E-state index contributed by atoms with van der Waals surface area (Å²) in [6.07, 6.45) is 1.27. The lowest BCUT2D eigenvalue weighted by Crippen LogP contribution is -2.26. The number of H-pyrrole nitrogens is 3. The van der Waals surface area contributed by atoms with Crippen molar-refractivity contribution in [1.82, 2.24) is 45.9 Å². The topological polar surface area (TPSA) is 186 Å². The van der Waals surface area contributed by atoms with Crippen molar-refractivity contribution in [2.24, 2.45) is 0 Å². The van der Waals surface area contributed by atoms with Gasteiger partial charge in [0.25, 0.3) is 0 Å². The minimum absolute atomic E-state index is 0.222. The largest absolute Gasteiger partial charge is 0.483 e. The number of fused-ring (bicyclic) bond motifs is 1. The number of esters is 1. The zero-order chi connectivity index (χ0) is 42.8. The Labute approximate surface area is 362 Å². The molecule has 0 saturated carbocycles. The molecule has 0 aliphatic heterocycles. The Morgan fingerprint density at radius 2 is 1.56 bits per heavy atom. The fourth-order valence-corrected chi connectivity index (χ4v) is 8.24. The fraction of sp³-hybridized carbons (Fsp3) is 0.213. The molecular weight excluding hydrogens is 803 g/mol. The third kappa shape index (κ3) is 10.0. The highest BCUT2D eigenvalue weighted by Crippen LogP contribution is 2.40. The molecule has 1 amide bonds. The van der Waals surface area contributed by atoms with Crippen LogP contribution in [0.25, 0.3) is 33.5 Å². The number of amides is 1. The van der Waals surface area contributed by atoms with E-state index in [4.69, 9.17) is 24.2 Å². The Morgan fingerprint density at radius 3 is 2.31 bits per heavy atom. The maximum atomic E-state index is 13.3. The lowest BCUT2D eigenvalue weighted by molar-refractivity contribution is 0.0518. The van der Waals surface area contributed by atoms with Crippen molar-refractivity contribution in [3.63, 3.8) is 0 Å². The average Bonchev–Trinajstić information content (AvgIpc) is 4.08. The molecule has 0 saturated heterocycles. The molecule has 2 atom stereocenters. The quantitative estimate of drug-likeness (QED) is 0.0505. The number of nitrogens with zero attached hydrogens (tertiary/aromatic N) is 5. The number of aryl methyl sites for hydroxylation is 1. The van der Waals surface area contributed by atoms with E-state index >= 15 is 0 Å². The van der Waals surface area contributed by atoms with Crippen molar-refractivity contribution in [2.45, 2.75) is 62.8 Å². The smallest absolute Gasteiger partial charge is 0.412 e. The molecule has 0 radical (unpaired) electrons. The standard InChI is InChI=1S/C47H45N9O5S/c1-4-11-41-51-42(43(52-41)46(57)59-5-2)40(26-30-16-20-32(21-17-30)36-14-9-10-15-37(36)45-53-55-56-54-45)62-35-24-25-38-39(27-35)50-44(49-38)29(3)60-34-22-18-31(19-23-34)28-48-47(58)61-33-12-7-6-8-13-33/h6-10,12-25,27,29,40H,4-5,11,26,28H2,1-3H3,(H,48,58)(H,49,50)(H,51,52)(H,53,54,55,56). The molecule has 2 unspecified atom stereocenters. The molecule has 3 aromatic heterocycles. The molecule has 8 rings (SSSR count). The lowest BCUT2D eigenvalue weighted by Gasteiger charge is -2.17. The van der Waals surface area contributed by atoms with Crippen LogP contribution in [0, 0.1) is 0 Å². The number of aromatic nitrogens is 8. The fourth-order valence-electron chi connectivity index (χ4n) is 7.01. The molecule has 8 aromatic rings. The number of hydrogen-bond donors (Lipinski definition) is 4. The van der Waals surface area contributed by atoms with Crippen LogP contribution in [-0.2, 0) is 24.1 Å². The van der Waals surface area contributed by atoms with Crippen LogP contribution in [0.3, 0.4) is 0 Å². The summed E-state index contributed by atoms with van der Waals surface area (Å²) in [7, 11) is 0. The van der Waals surface area contributed by atoms with Crippen LogP contribution in [0.2, 0.25) is 0 Å². The zero-order valence-electron chi connectivity index (χ0n) is 34.4. The number of nitrogens with one attached hydrogen (secondary N) is 4. The second kappa shape index (κ2) is 19.4. The van der Waals surface area contributed by atoms with Gasteiger partial charge in [0, 0.05) is 23.4 Å². The monoisotopic (exact) mass is 847 g/mol. The van der Waals surface area contributed by atoms with E-state index in [-0.39, 0.29) is 18.0 Å². The number of ether oxygens (including phenoxy) is 3. The maximum absolute atomic E-state index is 13.3. The van der Waals surface area contributed by atoms with Gasteiger partial charge in [-0.05, 0) is 96.6 Å². The van der Waals surface area contributed by atoms with Gasteiger partial charge >= 0.3 is 12.1 Å². The summed E-state index contributed by atoms with van der Waals surface area (Å²) in [6, 6.07) is 38.9. The Morgan fingerprint density at radius 1 is 0.806 bits per heavy atom. The summed E-state index contributed by atoms with van der Waals surface area (Å²) in [5.41, 5.74) is 7.56. The van der Waals surface area contributed by atoms with Crippen LogP contribution in [-0.4, -0.2) is 59.2 Å². The summed E-state index contributed by atoms with van der Waals surface area (Å²) >= 11 is 1.64. The number of rotatable bonds is 17. The molecule has 0 aliphatic rings. The van der Waals surface area contributed by atoms with Gasteiger partial charge in [-0.3, -0.25) is 0 Å². The first-order valence-electron chi connectivity index (χ1n) is 20.4. The number of carbonyl (C=O) groups is 2. The van der Waals surface area contributed by atoms with E-state index in [1.54, 1.807) is 43.0 Å². The molecule has 0 bridgehead atoms. The van der Waals surface area contributed by atoms with Crippen molar-refractivity contribution in [2.75, 3.05) is 6.61 Å². The van der Waals surface area contributed by atoms with Gasteiger partial charge in [0.1, 0.15) is 23.1 Å². The van der Waals surface area contributed by atoms with Gasteiger partial charge in [0.15, 0.2) is 11.8 Å². The first kappa shape index (κ1) is 41.5. The van der Waals surface area contributed by atoms with E-state index < -0.39 is 12.1 Å². The summed E-state index contributed by atoms with van der Waals surface area (Å²) in [4.78, 5) is 43.1. The first-order valence-corrected chi connectivity index (χ1v) is 21.3. The molecule has 5 aromatic carbocycles. The van der Waals surface area contributed by atoms with Crippen molar-refractivity contribution in [1.29, 1.82) is 0 Å². The van der Waals surface area contributed by atoms with Crippen LogP contribution >= 0.6 is 11.8 Å². The van der Waals surface area contributed by atoms with Gasteiger partial charge in [-0.2, -0.15) is 5.21 Å². The third-order valence-corrected chi connectivity index (χ3v) is 11.2. The Kier molecular flexibility index (Phi) is 13.0. The number of thioether (sulfide) groups is 1. The second-order valence-electron chi connectivity index (χ2n) is 14.5. The second-order valence-corrected chi connectivity index (χ2v) is 15.7. The van der Waals surface area contributed by atoms with Gasteiger partial charge < -0.3 is 29.5 Å². The number of aromatic amines is 3. The van der Waals surface area contributed by atoms with E-state index in [0.717, 1.165) is 61.7 Å². The SMILES string of the molecule is CCCc1nc(C(=O)OCC)c(C(Cc2ccc(-c3ccccc3-c3nn[nH]n3)cc2)Sc2ccc3nc(C(C)Oc4ccc(CNC(=O)Oc5ccccc5)cc4)[nH]c3c2)[nH]1. The molecule has 0 fully saturated rings. The minimum atomic E-state index is -0.526. The zero-order valence-corrected chi connectivity index (χ0v) is 35.2. The molecule has 0 spiro atoms. The van der Waals surface area contributed by atoms with E-state index in [2.05, 4.69) is 73.2 Å². The highest BCUT2D eigenvalue weighted by Gasteiger charge is 2.27. The van der Waals surface area contributed by atoms with Crippen molar-refractivity contribution < 1.29 is 23.8 Å². The van der Waals surface area contributed by atoms with Gasteiger partial charge in [-0.15, -0.1) is 22.0 Å². The Balaban J connectivity index is 0.992. The predicted molar refractivity (Wildman–Crippen MR) is 237 cm³/mol. The number of imidazole rings is 2. The molecule has 3 heterocycles. The summed E-state index contributed by atoms with van der Waals surface area (Å²) in [6.45, 7) is 6.38. The molecule has 14 nitrogen and oxygen atoms in total. The Hall–Kier alpha value is -7.26. The van der Waals surface area contributed by atoms with Crippen molar-refractivity contribution in [3.8, 4) is 34.0 Å². The van der Waals surface area contributed by atoms with Crippen LogP contribution in [0.15, 0.2) is 126 Å². The number of carbonyl (C=O) groups excluding carboxylic acids is 2. The normalized spacial score (nSPS) is 12.2. The molecule has 314 valence electrons. The number of tetrazole rings is 1. The molecule has 62 heavy (non-hydrogen) atoms. The van der Waals surface area contributed by atoms with Crippen LogP contribution < -0.4 is 14.8 Å². The maximum Gasteiger partial charge on any atom is 0.412 e. The summed E-state index contributed by atoms with van der Waals surface area (Å²) in [5.74, 6) is 2.65. The highest BCUT2D eigenvalue weighted by molar-refractivity contribution is 7.99. The van der Waals surface area contributed by atoms with Crippen LogP contribution in [0.1, 0.15) is 77.5 Å². The predicted octanol–water partition coefficient (Wildman–Crippen LogP) is 9.77. The summed E-state index contributed by atoms with van der Waals surface area (Å²) < 4.78 is 17.1. The van der Waals surface area contributed by atoms with Gasteiger partial charge in [-0.25, -0.2) is 19.6 Å². The molecule has 0 aliphatic carbocycles. The van der Waals surface area contributed by atoms with E-state index in [0.29, 0.717) is 48.2 Å². The highest BCUT2D eigenvalue weighted by atomic mass is 32.2. The molecular formula is C47H45N9O5S. The first-order chi connectivity index (χ1) is 30.3. The average molecular weight is 848 g/mol. The van der Waals surface area contributed by atoms with Crippen LogP contribution in [0.5, 0.6) is 11.5 Å². The van der Waals surface area contributed by atoms with Gasteiger partial charge in [-0.1, -0.05) is 85.8 Å². The lowest BCUT2D eigenvalue weighted by atomic mass is 9.97. The van der Waals surface area contributed by atoms with Crippen LogP contribution in [0.4, 0.5) is 4.79 Å². The minimum Gasteiger partial charge on any atom is -0.483 e. The van der Waals surface area contributed by atoms with Gasteiger partial charge in [0.05, 0.1) is 28.6 Å². The van der Waals surface area contributed by atoms with Gasteiger partial charge in [0.2, 0.25) is 5.82 Å². The van der Waals surface area contributed by atoms with Crippen molar-refractivity contribution in [3.05, 3.63) is 155 Å². The van der Waals surface area contributed by atoms with E-state index in [1.165, 1.54) is 0 Å². The van der Waals surface area contributed by atoms with E-state index in [9.17, 15) is 9.59 Å². The molecule has 15 heteroatoms. The number of para-hydroxylation sites is 1. The van der Waals surface area contributed by atoms with E-state index in [1.807, 2.05) is 73.7 Å². The number of hydrogen-bond acceptors (Lipinski definition) is 11. The Bertz CT molecular complexity index is 2740. The molecule has 4 N–H and O–H groups in total. The number of benzene rings is 5. The third-order valence-electron chi connectivity index (χ3n) is 10.0. The van der Waals surface area contributed by atoms with Crippen molar-refractivity contribution >= 4 is 34.9 Å².